The average Bonchev–Trinajstić information content (AvgIpc) is 2.73. The summed E-state index contributed by atoms with van der Waals surface area (Å²) in [4.78, 5) is 8.78. The van der Waals surface area contributed by atoms with Crippen molar-refractivity contribution in [3.8, 4) is 0 Å². The molecule has 0 saturated carbocycles. The van der Waals surface area contributed by atoms with E-state index in [9.17, 15) is 8.42 Å². The number of sulfone groups is 1. The zero-order chi connectivity index (χ0) is 21.6. The Morgan fingerprint density at radius 2 is 1.47 bits per heavy atom. The summed E-state index contributed by atoms with van der Waals surface area (Å²) >= 11 is 0. The van der Waals surface area contributed by atoms with Gasteiger partial charge in [0.1, 0.15) is 0 Å². The van der Waals surface area contributed by atoms with Gasteiger partial charge in [0, 0.05) is 18.1 Å². The summed E-state index contributed by atoms with van der Waals surface area (Å²) in [6, 6.07) is 17.4. The lowest BCUT2D eigenvalue weighted by molar-refractivity contribution is 0.596. The Labute approximate surface area is 177 Å². The Hall–Kier alpha value is -3.19. The molecule has 3 rings (SSSR count). The zero-order valence-corrected chi connectivity index (χ0v) is 17.9. The minimum Gasteiger partial charge on any atom is -0.370 e. The Bertz CT molecular complexity index is 1090. The number of nitrogens with two attached hydrogens (primary N) is 1. The van der Waals surface area contributed by atoms with Gasteiger partial charge < -0.3 is 11.1 Å². The molecule has 0 aliphatic carbocycles. The molecule has 0 spiro atoms. The number of hydrogen-bond donors (Lipinski definition) is 2. The lowest BCUT2D eigenvalue weighted by Gasteiger charge is -2.08. The van der Waals surface area contributed by atoms with Gasteiger partial charge in [0.2, 0.25) is 9.84 Å². The van der Waals surface area contributed by atoms with Crippen molar-refractivity contribution in [2.24, 2.45) is 16.6 Å². The van der Waals surface area contributed by atoms with Crippen molar-refractivity contribution in [1.82, 2.24) is 4.98 Å². The fourth-order valence-corrected chi connectivity index (χ4v) is 4.25. The molecule has 2 aromatic carbocycles. The van der Waals surface area contributed by atoms with Crippen LogP contribution in [-0.2, 0) is 22.8 Å². The van der Waals surface area contributed by atoms with E-state index in [2.05, 4.69) is 29.1 Å². The van der Waals surface area contributed by atoms with Crippen molar-refractivity contribution in [1.29, 1.82) is 0 Å². The number of aliphatic imine (C=N–C) groups is 1. The van der Waals surface area contributed by atoms with Crippen molar-refractivity contribution >= 4 is 21.5 Å². The van der Waals surface area contributed by atoms with Crippen LogP contribution in [-0.4, -0.2) is 19.4 Å². The van der Waals surface area contributed by atoms with Crippen LogP contribution in [0.15, 0.2) is 87.8 Å². The minimum absolute atomic E-state index is 0.259. The summed E-state index contributed by atoms with van der Waals surface area (Å²) in [5, 5.41) is 2.98. The Kier molecular flexibility index (Phi) is 6.84. The van der Waals surface area contributed by atoms with Gasteiger partial charge in [-0.25, -0.2) is 13.4 Å². The monoisotopic (exact) mass is 422 g/mol. The summed E-state index contributed by atoms with van der Waals surface area (Å²) in [5.74, 6) is 0.802. The number of rotatable bonds is 7. The molecular weight excluding hydrogens is 396 g/mol. The molecule has 156 valence electrons. The molecule has 0 fully saturated rings. The van der Waals surface area contributed by atoms with Crippen molar-refractivity contribution in [3.63, 3.8) is 0 Å². The molecule has 3 N–H and O–H groups in total. The largest absolute Gasteiger partial charge is 0.370 e. The zero-order valence-electron chi connectivity index (χ0n) is 17.1. The van der Waals surface area contributed by atoms with E-state index >= 15 is 0 Å². The van der Waals surface area contributed by atoms with Crippen LogP contribution in [0, 0.1) is 5.92 Å². The molecule has 0 amide bonds. The van der Waals surface area contributed by atoms with Crippen LogP contribution in [0.4, 0.5) is 5.69 Å². The molecule has 30 heavy (non-hydrogen) atoms. The van der Waals surface area contributed by atoms with Crippen LogP contribution in [0.5, 0.6) is 0 Å². The van der Waals surface area contributed by atoms with E-state index in [1.54, 1.807) is 60.9 Å². The van der Waals surface area contributed by atoms with Crippen molar-refractivity contribution < 1.29 is 8.42 Å². The van der Waals surface area contributed by atoms with Gasteiger partial charge in [0.25, 0.3) is 0 Å². The highest BCUT2D eigenvalue weighted by atomic mass is 32.2. The second-order valence-electron chi connectivity index (χ2n) is 7.45. The number of hydrogen-bond acceptors (Lipinski definition) is 4. The van der Waals surface area contributed by atoms with Gasteiger partial charge in [0.05, 0.1) is 16.3 Å². The summed E-state index contributed by atoms with van der Waals surface area (Å²) < 4.78 is 25.8. The van der Waals surface area contributed by atoms with Gasteiger partial charge in [-0.15, -0.1) is 0 Å². The Morgan fingerprint density at radius 3 is 2.00 bits per heavy atom. The highest BCUT2D eigenvalue weighted by Gasteiger charge is 2.17. The smallest absolute Gasteiger partial charge is 0.206 e. The number of pyridine rings is 1. The molecule has 1 heterocycles. The van der Waals surface area contributed by atoms with E-state index in [4.69, 9.17) is 5.73 Å². The maximum atomic E-state index is 12.9. The molecule has 0 radical (unpaired) electrons. The number of nitrogens with zero attached hydrogens (tertiary/aromatic N) is 2. The van der Waals surface area contributed by atoms with E-state index in [1.807, 2.05) is 12.1 Å². The molecule has 6 nitrogen and oxygen atoms in total. The number of benzene rings is 2. The highest BCUT2D eigenvalue weighted by Crippen LogP contribution is 2.22. The van der Waals surface area contributed by atoms with E-state index < -0.39 is 9.84 Å². The third-order valence-corrected chi connectivity index (χ3v) is 6.28. The maximum Gasteiger partial charge on any atom is 0.206 e. The summed E-state index contributed by atoms with van der Waals surface area (Å²) in [6.45, 7) is 4.62. The fraction of sp³-hybridized carbons (Fsp3) is 0.217. The lowest BCUT2D eigenvalue weighted by atomic mass is 10.0. The fourth-order valence-electron chi connectivity index (χ4n) is 2.99. The first-order chi connectivity index (χ1) is 14.3. The Balaban J connectivity index is 1.67. The highest BCUT2D eigenvalue weighted by molar-refractivity contribution is 7.91. The summed E-state index contributed by atoms with van der Waals surface area (Å²) in [6.07, 6.45) is 4.24. The van der Waals surface area contributed by atoms with Gasteiger partial charge in [-0.3, -0.25) is 4.98 Å². The molecular formula is C23H26N4O2S. The van der Waals surface area contributed by atoms with Crippen LogP contribution < -0.4 is 11.1 Å². The van der Waals surface area contributed by atoms with Gasteiger partial charge in [0.15, 0.2) is 5.96 Å². The molecule has 0 atom stereocenters. The number of nitrogens with one attached hydrogen (secondary N) is 1. The quantitative estimate of drug-likeness (QED) is 0.442. The first-order valence-electron chi connectivity index (χ1n) is 9.74. The van der Waals surface area contributed by atoms with E-state index in [1.165, 1.54) is 0 Å². The van der Waals surface area contributed by atoms with Crippen molar-refractivity contribution in [2.45, 2.75) is 36.6 Å². The van der Waals surface area contributed by atoms with Crippen molar-refractivity contribution in [2.75, 3.05) is 5.32 Å². The van der Waals surface area contributed by atoms with E-state index in [0.29, 0.717) is 17.4 Å². The van der Waals surface area contributed by atoms with Crippen LogP contribution in [0.3, 0.4) is 0 Å². The number of guanidine groups is 1. The molecule has 0 unspecified atom stereocenters. The minimum atomic E-state index is -3.55. The summed E-state index contributed by atoms with van der Waals surface area (Å²) in [5.41, 5.74) is 8.69. The first-order valence-corrected chi connectivity index (χ1v) is 11.2. The van der Waals surface area contributed by atoms with Crippen LogP contribution in [0.1, 0.15) is 25.0 Å². The molecule has 7 heteroatoms. The number of aromatic nitrogens is 1. The molecule has 0 aliphatic heterocycles. The second kappa shape index (κ2) is 9.54. The predicted octanol–water partition coefficient (Wildman–Crippen LogP) is 4.04. The molecule has 1 aromatic heterocycles. The first kappa shape index (κ1) is 21.5. The normalized spacial score (nSPS) is 12.2. The number of anilines is 1. The maximum absolute atomic E-state index is 12.9. The van der Waals surface area contributed by atoms with E-state index in [-0.39, 0.29) is 10.9 Å². The molecule has 3 aromatic rings. The second-order valence-corrected chi connectivity index (χ2v) is 9.40. The third-order valence-electron chi connectivity index (χ3n) is 4.50. The lowest BCUT2D eigenvalue weighted by Crippen LogP contribution is -2.22. The standard InChI is InChI=1S/C23H26N4O2S/c1-17(2)15-18-3-7-21(8-4-18)30(28,29)22-9-5-19(6-10-22)16-26-23(24)27-20-11-13-25-14-12-20/h3-14,17H,15-16H2,1-2H3,(H3,24,25,26,27). The van der Waals surface area contributed by atoms with E-state index in [0.717, 1.165) is 23.2 Å². The van der Waals surface area contributed by atoms with Gasteiger partial charge in [-0.1, -0.05) is 38.1 Å². The van der Waals surface area contributed by atoms with Gasteiger partial charge >= 0.3 is 0 Å². The summed E-state index contributed by atoms with van der Waals surface area (Å²) in [7, 11) is -3.55. The van der Waals surface area contributed by atoms with Crippen LogP contribution in [0.2, 0.25) is 0 Å². The van der Waals surface area contributed by atoms with Crippen LogP contribution >= 0.6 is 0 Å². The predicted molar refractivity (Wildman–Crippen MR) is 120 cm³/mol. The topological polar surface area (TPSA) is 97.4 Å². The van der Waals surface area contributed by atoms with Gasteiger partial charge in [-0.05, 0) is 59.9 Å². The SMILES string of the molecule is CC(C)Cc1ccc(S(=O)(=O)c2ccc(CN=C(N)Nc3ccncc3)cc2)cc1. The third kappa shape index (κ3) is 5.67. The van der Waals surface area contributed by atoms with Gasteiger partial charge in [-0.2, -0.15) is 0 Å². The van der Waals surface area contributed by atoms with Crippen molar-refractivity contribution in [3.05, 3.63) is 84.2 Å². The Morgan fingerprint density at radius 1 is 0.933 bits per heavy atom. The van der Waals surface area contributed by atoms with Crippen LogP contribution in [0.25, 0.3) is 0 Å². The molecule has 0 bridgehead atoms. The molecule has 0 aliphatic rings. The molecule has 0 saturated heterocycles. The average molecular weight is 423 g/mol.